The zero-order valence-corrected chi connectivity index (χ0v) is 3.90. The van der Waals surface area contributed by atoms with Crippen LogP contribution in [0, 0.1) is 10.1 Å². The van der Waals surface area contributed by atoms with Gasteiger partial charge in [-0.2, -0.15) is 0 Å². The highest BCUT2D eigenvalue weighted by Crippen LogP contribution is 1.98. The van der Waals surface area contributed by atoms with Crippen LogP contribution in [0.4, 0.5) is 0 Å². The first-order chi connectivity index (χ1) is 3.80. The maximum atomic E-state index is 9.77. The molecule has 0 aromatic carbocycles. The number of nitro groups is 1. The van der Waals surface area contributed by atoms with Crippen LogP contribution in [-0.4, -0.2) is 11.7 Å². The molecule has 0 aliphatic carbocycles. The molecule has 1 heterocycles. The Morgan fingerprint density at radius 1 is 2.00 bits per heavy atom. The molecule has 0 aromatic rings. The van der Waals surface area contributed by atoms with Crippen LogP contribution in [-0.2, 0) is 4.74 Å². The summed E-state index contributed by atoms with van der Waals surface area (Å²) in [5.41, 5.74) is 0. The molecule has 5 nitrogen and oxygen atoms in total. The predicted octanol–water partition coefficient (Wildman–Crippen LogP) is -0.346. The van der Waals surface area contributed by atoms with E-state index in [0.717, 1.165) is 6.26 Å². The van der Waals surface area contributed by atoms with Gasteiger partial charge in [0.05, 0.1) is 0 Å². The van der Waals surface area contributed by atoms with E-state index in [1.54, 1.807) is 0 Å². The molecule has 0 N–H and O–H groups in total. The van der Waals surface area contributed by atoms with Crippen LogP contribution in [0.1, 0.15) is 0 Å². The maximum absolute atomic E-state index is 9.77. The van der Waals surface area contributed by atoms with Crippen molar-refractivity contribution < 1.29 is 9.66 Å². The zero-order valence-electron chi connectivity index (χ0n) is 3.90. The quantitative estimate of drug-likeness (QED) is 0.346. The van der Waals surface area contributed by atoms with E-state index < -0.39 is 4.92 Å². The second-order valence-corrected chi connectivity index (χ2v) is 1.19. The van der Waals surface area contributed by atoms with E-state index in [4.69, 9.17) is 0 Å². The molecule has 0 fully saturated rings. The summed E-state index contributed by atoms with van der Waals surface area (Å²) in [6.45, 7) is 0.0797. The standard InChI is InChI=1S/C3H3N2O3/c6-5(7)3-1-8-2-4-3/h1H,2H2. The topological polar surface area (TPSA) is 66.5 Å². The zero-order chi connectivity index (χ0) is 5.98. The van der Waals surface area contributed by atoms with Gasteiger partial charge in [0, 0.05) is 0 Å². The monoisotopic (exact) mass is 115 g/mol. The third kappa shape index (κ3) is 0.699. The van der Waals surface area contributed by atoms with E-state index in [1.807, 2.05) is 0 Å². The molecule has 1 aliphatic heterocycles. The van der Waals surface area contributed by atoms with E-state index >= 15 is 0 Å². The lowest BCUT2D eigenvalue weighted by molar-refractivity contribution is -0.431. The van der Waals surface area contributed by atoms with Gasteiger partial charge in [-0.05, 0) is 10.2 Å². The largest absolute Gasteiger partial charge is 0.449 e. The SMILES string of the molecule is O=[N+]([O-])C1=COC[N]1. The van der Waals surface area contributed by atoms with Gasteiger partial charge in [0.1, 0.15) is 0 Å². The molecule has 0 spiro atoms. The summed E-state index contributed by atoms with van der Waals surface area (Å²) in [6, 6.07) is 0. The van der Waals surface area contributed by atoms with Crippen molar-refractivity contribution in [3.63, 3.8) is 0 Å². The molecule has 0 unspecified atom stereocenters. The van der Waals surface area contributed by atoms with Crippen LogP contribution in [0.15, 0.2) is 12.1 Å². The van der Waals surface area contributed by atoms with Gasteiger partial charge < -0.3 is 14.9 Å². The Labute approximate surface area is 45.1 Å². The van der Waals surface area contributed by atoms with E-state index in [1.165, 1.54) is 0 Å². The fourth-order valence-electron chi connectivity index (χ4n) is 0.353. The van der Waals surface area contributed by atoms with Gasteiger partial charge in [0.25, 0.3) is 6.73 Å². The first-order valence-corrected chi connectivity index (χ1v) is 1.94. The average molecular weight is 115 g/mol. The lowest BCUT2D eigenvalue weighted by Gasteiger charge is -1.84. The Balaban J connectivity index is 2.57. The molecular weight excluding hydrogens is 112 g/mol. The molecule has 0 aromatic heterocycles. The lowest BCUT2D eigenvalue weighted by atomic mass is 10.8. The van der Waals surface area contributed by atoms with Gasteiger partial charge in [-0.1, -0.05) is 0 Å². The van der Waals surface area contributed by atoms with Crippen LogP contribution >= 0.6 is 0 Å². The highest BCUT2D eigenvalue weighted by atomic mass is 16.6. The van der Waals surface area contributed by atoms with Crippen molar-refractivity contribution in [3.8, 4) is 0 Å². The molecule has 1 aliphatic rings. The first kappa shape index (κ1) is 4.89. The predicted molar refractivity (Wildman–Crippen MR) is 23.2 cm³/mol. The maximum Gasteiger partial charge on any atom is 0.396 e. The van der Waals surface area contributed by atoms with Gasteiger partial charge in [-0.25, -0.2) is 0 Å². The Hall–Kier alpha value is -1.26. The fourth-order valence-corrected chi connectivity index (χ4v) is 0.353. The van der Waals surface area contributed by atoms with Crippen LogP contribution in [0.3, 0.4) is 0 Å². The minimum absolute atomic E-state index is 0.0797. The van der Waals surface area contributed by atoms with Gasteiger partial charge >= 0.3 is 5.82 Å². The Kier molecular flexibility index (Phi) is 1.03. The third-order valence-corrected chi connectivity index (χ3v) is 0.677. The summed E-state index contributed by atoms with van der Waals surface area (Å²) in [7, 11) is 0. The average Bonchev–Trinajstić information content (AvgIpc) is 2.12. The summed E-state index contributed by atoms with van der Waals surface area (Å²) in [4.78, 5) is 9.17. The fraction of sp³-hybridized carbons (Fsp3) is 0.333. The number of rotatable bonds is 1. The van der Waals surface area contributed by atoms with E-state index in [9.17, 15) is 10.1 Å². The van der Waals surface area contributed by atoms with Crippen molar-refractivity contribution in [1.29, 1.82) is 0 Å². The van der Waals surface area contributed by atoms with Gasteiger partial charge in [-0.15, -0.1) is 0 Å². The van der Waals surface area contributed by atoms with Crippen molar-refractivity contribution in [2.75, 3.05) is 6.73 Å². The normalized spacial score (nSPS) is 16.2. The Morgan fingerprint density at radius 2 is 2.75 bits per heavy atom. The van der Waals surface area contributed by atoms with E-state index in [0.29, 0.717) is 0 Å². The molecule has 1 rings (SSSR count). The first-order valence-electron chi connectivity index (χ1n) is 1.94. The molecule has 0 amide bonds. The van der Waals surface area contributed by atoms with Gasteiger partial charge in [-0.3, -0.25) is 0 Å². The summed E-state index contributed by atoms with van der Waals surface area (Å²) in [5.74, 6) is -0.204. The highest BCUT2D eigenvalue weighted by molar-refractivity contribution is 4.85. The summed E-state index contributed by atoms with van der Waals surface area (Å²) in [5, 5.41) is 13.1. The molecule has 8 heavy (non-hydrogen) atoms. The van der Waals surface area contributed by atoms with Crippen molar-refractivity contribution in [3.05, 3.63) is 22.2 Å². The van der Waals surface area contributed by atoms with Crippen LogP contribution in [0.2, 0.25) is 0 Å². The molecule has 1 radical (unpaired) electrons. The summed E-state index contributed by atoms with van der Waals surface area (Å²) < 4.78 is 4.45. The summed E-state index contributed by atoms with van der Waals surface area (Å²) >= 11 is 0. The molecule has 0 bridgehead atoms. The molecule has 43 valence electrons. The number of ether oxygens (including phenoxy) is 1. The van der Waals surface area contributed by atoms with Gasteiger partial charge in [0.15, 0.2) is 6.26 Å². The smallest absolute Gasteiger partial charge is 0.396 e. The number of nitrogens with zero attached hydrogens (tertiary/aromatic N) is 2. The molecule has 0 saturated carbocycles. The van der Waals surface area contributed by atoms with Crippen molar-refractivity contribution in [2.24, 2.45) is 0 Å². The second-order valence-electron chi connectivity index (χ2n) is 1.19. The third-order valence-electron chi connectivity index (χ3n) is 0.677. The second kappa shape index (κ2) is 1.69. The van der Waals surface area contributed by atoms with Crippen LogP contribution in [0.5, 0.6) is 0 Å². The van der Waals surface area contributed by atoms with Crippen LogP contribution < -0.4 is 5.32 Å². The Morgan fingerprint density at radius 3 is 3.00 bits per heavy atom. The molecule has 0 atom stereocenters. The Bertz CT molecular complexity index is 141. The minimum atomic E-state index is -0.590. The number of hydrogen-bond acceptors (Lipinski definition) is 3. The van der Waals surface area contributed by atoms with Crippen LogP contribution in [0.25, 0.3) is 0 Å². The van der Waals surface area contributed by atoms with E-state index in [2.05, 4.69) is 10.1 Å². The highest BCUT2D eigenvalue weighted by Gasteiger charge is 2.18. The summed E-state index contributed by atoms with van der Waals surface area (Å²) in [6.07, 6.45) is 1.03. The molecule has 0 saturated heterocycles. The number of hydrogen-bond donors (Lipinski definition) is 0. The van der Waals surface area contributed by atoms with Gasteiger partial charge in [0.2, 0.25) is 0 Å². The molecule has 5 heteroatoms. The minimum Gasteiger partial charge on any atom is -0.449 e. The van der Waals surface area contributed by atoms with Crippen molar-refractivity contribution in [1.82, 2.24) is 5.32 Å². The molecular formula is C3H3N2O3. The van der Waals surface area contributed by atoms with E-state index in [-0.39, 0.29) is 12.6 Å². The van der Waals surface area contributed by atoms with Crippen molar-refractivity contribution in [2.45, 2.75) is 0 Å². The van der Waals surface area contributed by atoms with Crippen molar-refractivity contribution >= 4 is 0 Å². The lowest BCUT2D eigenvalue weighted by Crippen LogP contribution is -2.06.